The molecule has 1 N–H and O–H groups in total. The molecule has 9 heteroatoms. The molecule has 108 valence electrons. The molecule has 1 aromatic rings. The van der Waals surface area contributed by atoms with Crippen molar-refractivity contribution in [1.29, 1.82) is 0 Å². The molecular weight excluding hydrogens is 270 g/mol. The molecule has 0 fully saturated rings. The van der Waals surface area contributed by atoms with Crippen molar-refractivity contribution in [2.24, 2.45) is 0 Å². The molecule has 0 amide bonds. The summed E-state index contributed by atoms with van der Waals surface area (Å²) in [6, 6.07) is 3.34. The van der Waals surface area contributed by atoms with Gasteiger partial charge < -0.3 is 10.1 Å². The number of carbonyl (C=O) groups excluding carboxylic acids is 1. The molecule has 1 aromatic carbocycles. The molecule has 0 unspecified atom stereocenters. The highest BCUT2D eigenvalue weighted by atomic mass is 16.6. The molecule has 0 heterocycles. The molecule has 0 radical (unpaired) electrons. The summed E-state index contributed by atoms with van der Waals surface area (Å²) in [5.74, 6) is -0.370. The maximum Gasteiger partial charge on any atom is 0.305 e. The Kier molecular flexibility index (Phi) is 5.39. The number of nitro benzene ring substituents is 2. The first kappa shape index (κ1) is 15.3. The van der Waals surface area contributed by atoms with E-state index >= 15 is 0 Å². The number of non-ortho nitro benzene ring substituents is 1. The molecule has 1 rings (SSSR count). The van der Waals surface area contributed by atoms with Gasteiger partial charge in [0.05, 0.1) is 23.0 Å². The quantitative estimate of drug-likeness (QED) is 0.350. The summed E-state index contributed by atoms with van der Waals surface area (Å²) in [5.41, 5.74) is -0.556. The average Bonchev–Trinajstić information content (AvgIpc) is 2.42. The van der Waals surface area contributed by atoms with Gasteiger partial charge in [-0.25, -0.2) is 0 Å². The summed E-state index contributed by atoms with van der Waals surface area (Å²) >= 11 is 0. The maximum atomic E-state index is 10.9. The van der Waals surface area contributed by atoms with Gasteiger partial charge in [-0.3, -0.25) is 25.0 Å². The highest BCUT2D eigenvalue weighted by molar-refractivity contribution is 5.69. The Morgan fingerprint density at radius 3 is 2.55 bits per heavy atom. The van der Waals surface area contributed by atoms with Crippen molar-refractivity contribution in [3.8, 4) is 0 Å². The van der Waals surface area contributed by atoms with Crippen LogP contribution in [-0.4, -0.2) is 29.5 Å². The zero-order chi connectivity index (χ0) is 15.1. The fourth-order valence-corrected chi connectivity index (χ4v) is 1.49. The van der Waals surface area contributed by atoms with Crippen molar-refractivity contribution in [2.75, 3.05) is 19.0 Å². The first-order valence-corrected chi connectivity index (χ1v) is 5.69. The summed E-state index contributed by atoms with van der Waals surface area (Å²) < 4.78 is 4.46. The van der Waals surface area contributed by atoms with Crippen molar-refractivity contribution in [3.05, 3.63) is 38.4 Å². The number of nitro groups is 2. The van der Waals surface area contributed by atoms with Gasteiger partial charge >= 0.3 is 5.97 Å². The van der Waals surface area contributed by atoms with E-state index in [1.54, 1.807) is 0 Å². The van der Waals surface area contributed by atoms with Gasteiger partial charge in [0.15, 0.2) is 0 Å². The van der Waals surface area contributed by atoms with Gasteiger partial charge in [0, 0.05) is 19.0 Å². The first-order valence-electron chi connectivity index (χ1n) is 5.69. The Morgan fingerprint density at radius 2 is 2.00 bits per heavy atom. The van der Waals surface area contributed by atoms with Gasteiger partial charge in [-0.15, -0.1) is 0 Å². The molecule has 0 spiro atoms. The van der Waals surface area contributed by atoms with Gasteiger partial charge in [0.2, 0.25) is 0 Å². The summed E-state index contributed by atoms with van der Waals surface area (Å²) in [6.07, 6.45) is 0.616. The minimum absolute atomic E-state index is 0.172. The lowest BCUT2D eigenvalue weighted by atomic mass is 10.2. The third-order valence-corrected chi connectivity index (χ3v) is 2.49. The fraction of sp³-hybridized carbons (Fsp3) is 0.364. The second-order valence-corrected chi connectivity index (χ2v) is 3.82. The lowest BCUT2D eigenvalue weighted by molar-refractivity contribution is -0.393. The number of hydrogen-bond acceptors (Lipinski definition) is 7. The molecule has 9 nitrogen and oxygen atoms in total. The van der Waals surface area contributed by atoms with E-state index in [2.05, 4.69) is 10.1 Å². The zero-order valence-corrected chi connectivity index (χ0v) is 10.7. The van der Waals surface area contributed by atoms with Crippen LogP contribution in [0.3, 0.4) is 0 Å². The predicted octanol–water partition coefficient (Wildman–Crippen LogP) is 1.87. The van der Waals surface area contributed by atoms with Gasteiger partial charge in [-0.2, -0.15) is 0 Å². The number of nitrogens with one attached hydrogen (secondary N) is 1. The minimum atomic E-state index is -0.700. The Hall–Kier alpha value is -2.71. The summed E-state index contributed by atoms with van der Waals surface area (Å²) in [6.45, 7) is 0.313. The normalized spacial score (nSPS) is 9.85. The number of nitrogens with zero attached hydrogens (tertiary/aromatic N) is 2. The van der Waals surface area contributed by atoms with Crippen LogP contribution in [-0.2, 0) is 9.53 Å². The number of esters is 1. The number of ether oxygens (including phenoxy) is 1. The topological polar surface area (TPSA) is 125 Å². The van der Waals surface area contributed by atoms with E-state index in [1.165, 1.54) is 19.2 Å². The fourth-order valence-electron chi connectivity index (χ4n) is 1.49. The number of benzene rings is 1. The summed E-state index contributed by atoms with van der Waals surface area (Å²) in [5, 5.41) is 24.2. The number of hydrogen-bond donors (Lipinski definition) is 1. The van der Waals surface area contributed by atoms with E-state index < -0.39 is 9.85 Å². The van der Waals surface area contributed by atoms with E-state index in [9.17, 15) is 25.0 Å². The molecule has 0 aliphatic rings. The molecular formula is C11H13N3O6. The van der Waals surface area contributed by atoms with E-state index in [0.29, 0.717) is 13.0 Å². The Bertz CT molecular complexity index is 531. The third kappa shape index (κ3) is 4.19. The molecule has 0 atom stereocenters. The lowest BCUT2D eigenvalue weighted by Gasteiger charge is -2.06. The van der Waals surface area contributed by atoms with Crippen LogP contribution in [0.25, 0.3) is 0 Å². The Labute approximate surface area is 113 Å². The SMILES string of the molecule is COC(=O)CCCNc1ccc([N+](=O)[O-])cc1[N+](=O)[O-]. The van der Waals surface area contributed by atoms with Crippen LogP contribution < -0.4 is 5.32 Å². The first-order chi connectivity index (χ1) is 9.45. The van der Waals surface area contributed by atoms with Gasteiger partial charge in [-0.05, 0) is 12.5 Å². The number of rotatable bonds is 7. The molecule has 0 aromatic heterocycles. The van der Waals surface area contributed by atoms with Gasteiger partial charge in [0.1, 0.15) is 5.69 Å². The number of methoxy groups -OCH3 is 1. The van der Waals surface area contributed by atoms with Crippen LogP contribution in [0.15, 0.2) is 18.2 Å². The van der Waals surface area contributed by atoms with Crippen LogP contribution in [0, 0.1) is 20.2 Å². The van der Waals surface area contributed by atoms with Gasteiger partial charge in [0.25, 0.3) is 11.4 Å². The number of anilines is 1. The van der Waals surface area contributed by atoms with E-state index in [4.69, 9.17) is 0 Å². The van der Waals surface area contributed by atoms with Crippen LogP contribution in [0.2, 0.25) is 0 Å². The van der Waals surface area contributed by atoms with Crippen LogP contribution >= 0.6 is 0 Å². The van der Waals surface area contributed by atoms with Crippen LogP contribution in [0.1, 0.15) is 12.8 Å². The van der Waals surface area contributed by atoms with E-state index in [0.717, 1.165) is 6.07 Å². The predicted molar refractivity (Wildman–Crippen MR) is 69.5 cm³/mol. The second-order valence-electron chi connectivity index (χ2n) is 3.82. The van der Waals surface area contributed by atoms with Gasteiger partial charge in [-0.1, -0.05) is 0 Å². The Balaban J connectivity index is 2.72. The molecule has 20 heavy (non-hydrogen) atoms. The smallest absolute Gasteiger partial charge is 0.305 e. The van der Waals surface area contributed by atoms with Crippen molar-refractivity contribution >= 4 is 23.0 Å². The molecule has 0 saturated carbocycles. The third-order valence-electron chi connectivity index (χ3n) is 2.49. The zero-order valence-electron chi connectivity index (χ0n) is 10.7. The van der Waals surface area contributed by atoms with Crippen molar-refractivity contribution < 1.29 is 19.4 Å². The van der Waals surface area contributed by atoms with Crippen LogP contribution in [0.5, 0.6) is 0 Å². The van der Waals surface area contributed by atoms with Crippen molar-refractivity contribution in [2.45, 2.75) is 12.8 Å². The highest BCUT2D eigenvalue weighted by Gasteiger charge is 2.19. The van der Waals surface area contributed by atoms with Crippen LogP contribution in [0.4, 0.5) is 17.1 Å². The van der Waals surface area contributed by atoms with E-state index in [-0.39, 0.29) is 29.5 Å². The van der Waals surface area contributed by atoms with Crippen molar-refractivity contribution in [3.63, 3.8) is 0 Å². The lowest BCUT2D eigenvalue weighted by Crippen LogP contribution is -2.08. The molecule has 0 bridgehead atoms. The largest absolute Gasteiger partial charge is 0.469 e. The second kappa shape index (κ2) is 7.02. The molecule has 0 saturated heterocycles. The minimum Gasteiger partial charge on any atom is -0.469 e. The number of carbonyl (C=O) groups is 1. The Morgan fingerprint density at radius 1 is 1.30 bits per heavy atom. The standard InChI is InChI=1S/C11H13N3O6/c1-20-11(15)3-2-6-12-9-5-4-8(13(16)17)7-10(9)14(18)19/h4-5,7,12H,2-3,6H2,1H3. The monoisotopic (exact) mass is 283 g/mol. The maximum absolute atomic E-state index is 10.9. The average molecular weight is 283 g/mol. The molecule has 0 aliphatic heterocycles. The van der Waals surface area contributed by atoms with Crippen molar-refractivity contribution in [1.82, 2.24) is 0 Å². The summed E-state index contributed by atoms with van der Waals surface area (Å²) in [7, 11) is 1.27. The summed E-state index contributed by atoms with van der Waals surface area (Å²) in [4.78, 5) is 30.9. The highest BCUT2D eigenvalue weighted by Crippen LogP contribution is 2.28. The molecule has 0 aliphatic carbocycles. The van der Waals surface area contributed by atoms with E-state index in [1.807, 2.05) is 0 Å².